The van der Waals surface area contributed by atoms with Crippen LogP contribution < -0.4 is 9.47 Å². The van der Waals surface area contributed by atoms with Crippen molar-refractivity contribution >= 4 is 10.8 Å². The van der Waals surface area contributed by atoms with Crippen molar-refractivity contribution in [1.29, 1.82) is 0 Å². The van der Waals surface area contributed by atoms with Gasteiger partial charge in [0.05, 0.1) is 19.6 Å². The molecule has 0 heterocycles. The standard InChI is InChI=1S/C33H24O3/c1-32-23-12-6-5-10-20(23)30-22-16-29(36-3)28(35-2)15-21(22)27(34)17-26(30)33(32)24-13-7-4-9-18(24)19-11-8-14-25(32)31(19)33/h4-17,34H,1-3H3. The molecule has 36 heavy (non-hydrogen) atoms. The van der Waals surface area contributed by atoms with Gasteiger partial charge >= 0.3 is 0 Å². The van der Waals surface area contributed by atoms with E-state index in [-0.39, 0.29) is 16.6 Å². The molecule has 0 aromatic heterocycles. The molecule has 5 aromatic carbocycles. The summed E-state index contributed by atoms with van der Waals surface area (Å²) in [6.45, 7) is 2.39. The number of phenolic OH excluding ortho intramolecular Hbond substituents is 1. The van der Waals surface area contributed by atoms with Crippen molar-refractivity contribution in [3.63, 3.8) is 0 Å². The largest absolute Gasteiger partial charge is 0.507 e. The van der Waals surface area contributed by atoms with Crippen molar-refractivity contribution in [3.8, 4) is 39.5 Å². The summed E-state index contributed by atoms with van der Waals surface area (Å²) in [6.07, 6.45) is 0. The van der Waals surface area contributed by atoms with Gasteiger partial charge in [0.25, 0.3) is 0 Å². The monoisotopic (exact) mass is 468 g/mol. The number of hydrogen-bond acceptors (Lipinski definition) is 3. The van der Waals surface area contributed by atoms with Crippen LogP contribution in [0.3, 0.4) is 0 Å². The lowest BCUT2D eigenvalue weighted by Gasteiger charge is -2.61. The molecule has 3 heteroatoms. The first kappa shape index (κ1) is 20.0. The summed E-state index contributed by atoms with van der Waals surface area (Å²) in [7, 11) is 3.28. The van der Waals surface area contributed by atoms with Crippen LogP contribution in [0.1, 0.15) is 34.7 Å². The molecule has 1 spiro atoms. The second kappa shape index (κ2) is 6.30. The van der Waals surface area contributed by atoms with E-state index in [4.69, 9.17) is 9.47 Å². The summed E-state index contributed by atoms with van der Waals surface area (Å²) < 4.78 is 11.3. The van der Waals surface area contributed by atoms with Crippen LogP contribution in [-0.2, 0) is 10.8 Å². The van der Waals surface area contributed by atoms with E-state index in [2.05, 4.69) is 73.7 Å². The number of benzene rings is 5. The van der Waals surface area contributed by atoms with Crippen LogP contribution in [0.25, 0.3) is 33.0 Å². The molecule has 0 saturated heterocycles. The van der Waals surface area contributed by atoms with Crippen molar-refractivity contribution in [2.75, 3.05) is 14.2 Å². The Morgan fingerprint density at radius 2 is 1.22 bits per heavy atom. The third-order valence-corrected chi connectivity index (χ3v) is 9.11. The first-order valence-corrected chi connectivity index (χ1v) is 12.3. The molecule has 174 valence electrons. The molecule has 2 atom stereocenters. The average molecular weight is 469 g/mol. The topological polar surface area (TPSA) is 38.7 Å². The van der Waals surface area contributed by atoms with Gasteiger partial charge in [-0.1, -0.05) is 66.7 Å². The molecule has 0 saturated carbocycles. The van der Waals surface area contributed by atoms with Gasteiger partial charge in [-0.05, 0) is 80.6 Å². The minimum atomic E-state index is -0.377. The molecular formula is C33H24O3. The number of ether oxygens (including phenoxy) is 2. The first-order valence-electron chi connectivity index (χ1n) is 12.3. The molecule has 3 aliphatic rings. The molecule has 0 aliphatic heterocycles. The second-order valence-corrected chi connectivity index (χ2v) is 10.3. The number of rotatable bonds is 2. The fourth-order valence-electron chi connectivity index (χ4n) is 7.78. The normalized spacial score (nSPS) is 21.5. The maximum absolute atomic E-state index is 11.5. The molecule has 1 N–H and O–H groups in total. The van der Waals surface area contributed by atoms with Crippen LogP contribution in [0.4, 0.5) is 0 Å². The molecule has 0 radical (unpaired) electrons. The second-order valence-electron chi connectivity index (χ2n) is 10.3. The Morgan fingerprint density at radius 3 is 1.97 bits per heavy atom. The quantitative estimate of drug-likeness (QED) is 0.298. The average Bonchev–Trinajstić information content (AvgIpc) is 3.21. The number of methoxy groups -OCH3 is 2. The van der Waals surface area contributed by atoms with Crippen LogP contribution in [0, 0.1) is 0 Å². The molecule has 8 rings (SSSR count). The Bertz CT molecular complexity index is 1800. The zero-order chi connectivity index (χ0) is 24.4. The Balaban J connectivity index is 1.63. The van der Waals surface area contributed by atoms with E-state index in [0.717, 1.165) is 21.9 Å². The van der Waals surface area contributed by atoms with E-state index in [9.17, 15) is 5.11 Å². The Hall–Kier alpha value is -4.24. The van der Waals surface area contributed by atoms with Crippen LogP contribution in [0.5, 0.6) is 17.2 Å². The highest BCUT2D eigenvalue weighted by atomic mass is 16.5. The van der Waals surface area contributed by atoms with Gasteiger partial charge in [0.2, 0.25) is 0 Å². The molecule has 0 fully saturated rings. The van der Waals surface area contributed by atoms with Crippen LogP contribution >= 0.6 is 0 Å². The lowest BCUT2D eigenvalue weighted by molar-refractivity contribution is 0.327. The minimum Gasteiger partial charge on any atom is -0.507 e. The smallest absolute Gasteiger partial charge is 0.161 e. The fraction of sp³-hybridized carbons (Fsp3) is 0.152. The molecule has 0 bridgehead atoms. The van der Waals surface area contributed by atoms with Crippen molar-refractivity contribution in [1.82, 2.24) is 0 Å². The predicted molar refractivity (Wildman–Crippen MR) is 142 cm³/mol. The molecule has 0 amide bonds. The number of phenols is 1. The van der Waals surface area contributed by atoms with Crippen LogP contribution in [-0.4, -0.2) is 19.3 Å². The first-order chi connectivity index (χ1) is 17.6. The highest BCUT2D eigenvalue weighted by Gasteiger charge is 2.69. The van der Waals surface area contributed by atoms with E-state index in [1.54, 1.807) is 14.2 Å². The molecular weight excluding hydrogens is 444 g/mol. The maximum Gasteiger partial charge on any atom is 0.161 e. The van der Waals surface area contributed by atoms with Crippen LogP contribution in [0.15, 0.2) is 84.9 Å². The van der Waals surface area contributed by atoms with E-state index in [1.165, 1.54) is 38.9 Å². The Labute approximate surface area is 209 Å². The van der Waals surface area contributed by atoms with E-state index < -0.39 is 0 Å². The minimum absolute atomic E-state index is 0.259. The van der Waals surface area contributed by atoms with Crippen molar-refractivity contribution in [3.05, 3.63) is 113 Å². The zero-order valence-corrected chi connectivity index (χ0v) is 20.3. The molecule has 3 aliphatic carbocycles. The lowest BCUT2D eigenvalue weighted by Crippen LogP contribution is -2.59. The highest BCUT2D eigenvalue weighted by Crippen LogP contribution is 2.75. The summed E-state index contributed by atoms with van der Waals surface area (Å²) in [6, 6.07) is 30.2. The molecule has 2 unspecified atom stereocenters. The Morgan fingerprint density at radius 1 is 0.611 bits per heavy atom. The van der Waals surface area contributed by atoms with Crippen molar-refractivity contribution < 1.29 is 14.6 Å². The van der Waals surface area contributed by atoms with E-state index in [1.807, 2.05) is 18.2 Å². The van der Waals surface area contributed by atoms with Crippen LogP contribution in [0.2, 0.25) is 0 Å². The van der Waals surface area contributed by atoms with Gasteiger partial charge in [-0.15, -0.1) is 0 Å². The van der Waals surface area contributed by atoms with Gasteiger partial charge in [-0.2, -0.15) is 0 Å². The van der Waals surface area contributed by atoms with Crippen molar-refractivity contribution in [2.24, 2.45) is 0 Å². The SMILES string of the molecule is COc1cc2c(O)cc3c(c2cc1OC)-c1ccccc1C1(C)c2cccc4c2C31c1ccccc1-4. The maximum atomic E-state index is 11.5. The number of hydrogen-bond donors (Lipinski definition) is 1. The van der Waals surface area contributed by atoms with Gasteiger partial charge in [0, 0.05) is 10.8 Å². The van der Waals surface area contributed by atoms with Gasteiger partial charge in [-0.3, -0.25) is 0 Å². The summed E-state index contributed by atoms with van der Waals surface area (Å²) >= 11 is 0. The summed E-state index contributed by atoms with van der Waals surface area (Å²) in [5, 5.41) is 13.2. The summed E-state index contributed by atoms with van der Waals surface area (Å²) in [5.74, 6) is 1.52. The zero-order valence-electron chi connectivity index (χ0n) is 20.3. The third-order valence-electron chi connectivity index (χ3n) is 9.11. The number of aromatic hydroxyl groups is 1. The van der Waals surface area contributed by atoms with Gasteiger partial charge in [-0.25, -0.2) is 0 Å². The molecule has 3 nitrogen and oxygen atoms in total. The van der Waals surface area contributed by atoms with Gasteiger partial charge in [0.15, 0.2) is 11.5 Å². The molecule has 5 aromatic rings. The van der Waals surface area contributed by atoms with Crippen molar-refractivity contribution in [2.45, 2.75) is 17.8 Å². The number of fused-ring (bicyclic) bond motifs is 9. The predicted octanol–water partition coefficient (Wildman–Crippen LogP) is 7.18. The fourth-order valence-corrected chi connectivity index (χ4v) is 7.78. The van der Waals surface area contributed by atoms with E-state index >= 15 is 0 Å². The van der Waals surface area contributed by atoms with Gasteiger partial charge < -0.3 is 14.6 Å². The van der Waals surface area contributed by atoms with Gasteiger partial charge in [0.1, 0.15) is 5.75 Å². The highest BCUT2D eigenvalue weighted by molar-refractivity contribution is 6.09. The summed E-state index contributed by atoms with van der Waals surface area (Å²) in [4.78, 5) is 0. The summed E-state index contributed by atoms with van der Waals surface area (Å²) in [5.41, 5.74) is 10.9. The Kier molecular flexibility index (Phi) is 3.50. The van der Waals surface area contributed by atoms with E-state index in [0.29, 0.717) is 11.5 Å². The lowest BCUT2D eigenvalue weighted by atomic mass is 9.39. The third kappa shape index (κ3) is 1.87.